The van der Waals surface area contributed by atoms with Crippen molar-refractivity contribution in [1.29, 1.82) is 0 Å². The van der Waals surface area contributed by atoms with Crippen LogP contribution >= 0.6 is 11.6 Å². The van der Waals surface area contributed by atoms with Gasteiger partial charge in [0.05, 0.1) is 17.6 Å². The predicted octanol–water partition coefficient (Wildman–Crippen LogP) is 3.60. The third-order valence-corrected chi connectivity index (χ3v) is 3.21. The summed E-state index contributed by atoms with van der Waals surface area (Å²) in [6, 6.07) is 3.63. The largest absolute Gasteiger partial charge is 0.443 e. The van der Waals surface area contributed by atoms with E-state index in [9.17, 15) is 4.79 Å². The minimum Gasteiger partial charge on any atom is -0.443 e. The van der Waals surface area contributed by atoms with Crippen LogP contribution in [0.2, 0.25) is 5.15 Å². The van der Waals surface area contributed by atoms with Crippen molar-refractivity contribution in [2.75, 3.05) is 11.9 Å². The quantitative estimate of drug-likeness (QED) is 0.847. The Labute approximate surface area is 134 Å². The van der Waals surface area contributed by atoms with E-state index in [4.69, 9.17) is 16.3 Å². The maximum absolute atomic E-state index is 12.2. The minimum atomic E-state index is -0.578. The van der Waals surface area contributed by atoms with Gasteiger partial charge in [0.2, 0.25) is 0 Å². The molecular formula is C15H19ClN4O2. The fraction of sp³-hybridized carbons (Fsp3) is 0.400. The lowest BCUT2D eigenvalue weighted by atomic mass is 10.2. The van der Waals surface area contributed by atoms with Gasteiger partial charge in [-0.3, -0.25) is 9.88 Å². The number of aromatic nitrogens is 3. The molecule has 2 rings (SSSR count). The minimum absolute atomic E-state index is 0.332. The lowest BCUT2D eigenvalue weighted by Gasteiger charge is -2.24. The van der Waals surface area contributed by atoms with Gasteiger partial charge in [0.25, 0.3) is 0 Å². The maximum Gasteiger partial charge on any atom is 0.414 e. The number of hydrogen-bond donors (Lipinski definition) is 0. The van der Waals surface area contributed by atoms with Crippen LogP contribution < -0.4 is 4.90 Å². The Hall–Kier alpha value is -2.08. The molecule has 0 aliphatic rings. The Morgan fingerprint density at radius 2 is 2.09 bits per heavy atom. The summed E-state index contributed by atoms with van der Waals surface area (Å²) in [6.45, 7) is 7.22. The maximum atomic E-state index is 12.2. The molecule has 0 spiro atoms. The van der Waals surface area contributed by atoms with Gasteiger partial charge in [0.1, 0.15) is 11.3 Å². The summed E-state index contributed by atoms with van der Waals surface area (Å²) in [5.74, 6) is 0. The summed E-state index contributed by atoms with van der Waals surface area (Å²) in [6.07, 6.45) is 2.83. The summed E-state index contributed by atoms with van der Waals surface area (Å²) in [4.78, 5) is 17.6. The molecule has 0 aromatic carbocycles. The second-order valence-corrected chi connectivity index (χ2v) is 6.25. The zero-order valence-electron chi connectivity index (χ0n) is 13.3. The molecular weight excluding hydrogens is 304 g/mol. The van der Waals surface area contributed by atoms with Crippen molar-refractivity contribution in [3.05, 3.63) is 35.4 Å². The third kappa shape index (κ3) is 3.39. The SMILES string of the molecule is Cc1nn(-c2cccnc2)c(Cl)c1N(C)C(=O)OC(C)(C)C. The lowest BCUT2D eigenvalue weighted by Crippen LogP contribution is -2.34. The molecule has 0 aliphatic carbocycles. The lowest BCUT2D eigenvalue weighted by molar-refractivity contribution is 0.0589. The number of carbonyl (C=O) groups is 1. The van der Waals surface area contributed by atoms with Crippen molar-refractivity contribution >= 4 is 23.4 Å². The molecule has 0 fully saturated rings. The molecule has 2 aromatic heterocycles. The number of pyridine rings is 1. The Morgan fingerprint density at radius 3 is 2.64 bits per heavy atom. The smallest absolute Gasteiger partial charge is 0.414 e. The van der Waals surface area contributed by atoms with Gasteiger partial charge in [-0.05, 0) is 39.8 Å². The molecule has 0 bridgehead atoms. The Balaban J connectivity index is 2.37. The monoisotopic (exact) mass is 322 g/mol. The van der Waals surface area contributed by atoms with E-state index in [0.717, 1.165) is 5.69 Å². The zero-order chi connectivity index (χ0) is 16.5. The summed E-state index contributed by atoms with van der Waals surface area (Å²) >= 11 is 6.40. The molecule has 22 heavy (non-hydrogen) atoms. The number of aryl methyl sites for hydroxylation is 1. The van der Waals surface area contributed by atoms with Crippen LogP contribution in [0.15, 0.2) is 24.5 Å². The number of nitrogens with zero attached hydrogens (tertiary/aromatic N) is 4. The van der Waals surface area contributed by atoms with Crippen LogP contribution in [-0.2, 0) is 4.74 Å². The average molecular weight is 323 g/mol. The van der Waals surface area contributed by atoms with E-state index in [2.05, 4.69) is 10.1 Å². The van der Waals surface area contributed by atoms with E-state index in [1.165, 1.54) is 4.90 Å². The van der Waals surface area contributed by atoms with Gasteiger partial charge >= 0.3 is 6.09 Å². The van der Waals surface area contributed by atoms with Crippen molar-refractivity contribution in [1.82, 2.24) is 14.8 Å². The van der Waals surface area contributed by atoms with E-state index in [0.29, 0.717) is 16.5 Å². The van der Waals surface area contributed by atoms with Crippen LogP contribution in [0, 0.1) is 6.92 Å². The molecule has 0 atom stereocenters. The Kier molecular flexibility index (Phi) is 4.42. The molecule has 7 heteroatoms. The van der Waals surface area contributed by atoms with Gasteiger partial charge in [-0.15, -0.1) is 0 Å². The number of ether oxygens (including phenoxy) is 1. The zero-order valence-corrected chi connectivity index (χ0v) is 14.0. The highest BCUT2D eigenvalue weighted by Gasteiger charge is 2.26. The molecule has 0 N–H and O–H groups in total. The molecule has 6 nitrogen and oxygen atoms in total. The Morgan fingerprint density at radius 1 is 1.41 bits per heavy atom. The third-order valence-electron chi connectivity index (χ3n) is 2.87. The van der Waals surface area contributed by atoms with Crippen LogP contribution in [0.3, 0.4) is 0 Å². The van der Waals surface area contributed by atoms with Gasteiger partial charge in [0, 0.05) is 13.2 Å². The van der Waals surface area contributed by atoms with Crippen LogP contribution in [0.25, 0.3) is 5.69 Å². The summed E-state index contributed by atoms with van der Waals surface area (Å²) in [7, 11) is 1.61. The molecule has 0 aliphatic heterocycles. The molecule has 2 heterocycles. The van der Waals surface area contributed by atoms with E-state index in [1.54, 1.807) is 37.1 Å². The first-order valence-electron chi connectivity index (χ1n) is 6.83. The van der Waals surface area contributed by atoms with Crippen molar-refractivity contribution in [3.8, 4) is 5.69 Å². The van der Waals surface area contributed by atoms with Gasteiger partial charge in [-0.2, -0.15) is 5.10 Å². The van der Waals surface area contributed by atoms with Crippen molar-refractivity contribution < 1.29 is 9.53 Å². The number of halogens is 1. The van der Waals surface area contributed by atoms with E-state index in [-0.39, 0.29) is 0 Å². The average Bonchev–Trinajstić information content (AvgIpc) is 2.72. The van der Waals surface area contributed by atoms with Crippen LogP contribution in [0.1, 0.15) is 26.5 Å². The van der Waals surface area contributed by atoms with Gasteiger partial charge in [-0.25, -0.2) is 9.48 Å². The first-order chi connectivity index (χ1) is 10.2. The summed E-state index contributed by atoms with van der Waals surface area (Å²) in [5.41, 5.74) is 1.28. The Bertz CT molecular complexity index is 677. The predicted molar refractivity (Wildman–Crippen MR) is 85.7 cm³/mol. The number of rotatable bonds is 2. The first kappa shape index (κ1) is 16.3. The van der Waals surface area contributed by atoms with Crippen molar-refractivity contribution in [2.45, 2.75) is 33.3 Å². The molecule has 0 saturated carbocycles. The van der Waals surface area contributed by atoms with E-state index >= 15 is 0 Å². The standard InChI is InChI=1S/C15H19ClN4O2/c1-10-12(19(5)14(21)22-15(2,3)4)13(16)20(18-10)11-7-6-8-17-9-11/h6-9H,1-5H3. The summed E-state index contributed by atoms with van der Waals surface area (Å²) in [5, 5.41) is 4.71. The van der Waals surface area contributed by atoms with E-state index in [1.807, 2.05) is 26.8 Å². The fourth-order valence-corrected chi connectivity index (χ4v) is 2.34. The van der Waals surface area contributed by atoms with Crippen LogP contribution in [-0.4, -0.2) is 33.5 Å². The number of anilines is 1. The highest BCUT2D eigenvalue weighted by Crippen LogP contribution is 2.31. The highest BCUT2D eigenvalue weighted by atomic mass is 35.5. The number of amides is 1. The van der Waals surface area contributed by atoms with Crippen molar-refractivity contribution in [2.24, 2.45) is 0 Å². The summed E-state index contributed by atoms with van der Waals surface area (Å²) < 4.78 is 6.90. The van der Waals surface area contributed by atoms with Gasteiger partial charge < -0.3 is 4.74 Å². The normalized spacial score (nSPS) is 11.4. The second kappa shape index (κ2) is 5.96. The van der Waals surface area contributed by atoms with Crippen molar-refractivity contribution in [3.63, 3.8) is 0 Å². The topological polar surface area (TPSA) is 60.2 Å². The molecule has 0 radical (unpaired) electrons. The molecule has 2 aromatic rings. The molecule has 0 saturated heterocycles. The molecule has 1 amide bonds. The van der Waals surface area contributed by atoms with Gasteiger partial charge in [-0.1, -0.05) is 11.6 Å². The van der Waals surface area contributed by atoms with Crippen LogP contribution in [0.5, 0.6) is 0 Å². The molecule has 118 valence electrons. The first-order valence-corrected chi connectivity index (χ1v) is 7.20. The fourth-order valence-electron chi connectivity index (χ4n) is 1.94. The van der Waals surface area contributed by atoms with Crippen LogP contribution in [0.4, 0.5) is 10.5 Å². The highest BCUT2D eigenvalue weighted by molar-refractivity contribution is 6.33. The second-order valence-electron chi connectivity index (χ2n) is 5.89. The number of carbonyl (C=O) groups excluding carboxylic acids is 1. The molecule has 0 unspecified atom stereocenters. The van der Waals surface area contributed by atoms with Gasteiger partial charge in [0.15, 0.2) is 5.15 Å². The number of hydrogen-bond acceptors (Lipinski definition) is 4. The van der Waals surface area contributed by atoms with E-state index < -0.39 is 11.7 Å².